The molecule has 0 bridgehead atoms. The van der Waals surface area contributed by atoms with Crippen molar-refractivity contribution < 1.29 is 9.18 Å². The zero-order chi connectivity index (χ0) is 17.1. The largest absolute Gasteiger partial charge is 0.328 e. The number of rotatable bonds is 4. The number of carbonyl (C=O) groups excluding carboxylic acids is 1. The first-order chi connectivity index (χ1) is 10.8. The maximum atomic E-state index is 13.4. The number of nitrogens with zero attached hydrogens (tertiary/aromatic N) is 1. The highest BCUT2D eigenvalue weighted by Crippen LogP contribution is 2.14. The molecule has 0 aliphatic heterocycles. The molecule has 0 radical (unpaired) electrons. The molecule has 0 aliphatic rings. The summed E-state index contributed by atoms with van der Waals surface area (Å²) in [6.07, 6.45) is 0.243. The Morgan fingerprint density at radius 1 is 1.30 bits per heavy atom. The summed E-state index contributed by atoms with van der Waals surface area (Å²) in [4.78, 5) is 38.0. The van der Waals surface area contributed by atoms with Gasteiger partial charge in [-0.1, -0.05) is 6.07 Å². The summed E-state index contributed by atoms with van der Waals surface area (Å²) >= 11 is 0. The second-order valence-electron chi connectivity index (χ2n) is 5.41. The Kier molecular flexibility index (Phi) is 4.78. The minimum absolute atomic E-state index is 0.0532. The van der Waals surface area contributed by atoms with Crippen LogP contribution in [0, 0.1) is 19.7 Å². The monoisotopic (exact) mass is 319 g/mol. The first-order valence-corrected chi connectivity index (χ1v) is 7.14. The van der Waals surface area contributed by atoms with Crippen LogP contribution in [0.3, 0.4) is 0 Å². The van der Waals surface area contributed by atoms with Gasteiger partial charge in [-0.3, -0.25) is 14.2 Å². The van der Waals surface area contributed by atoms with Gasteiger partial charge in [-0.2, -0.15) is 0 Å². The average molecular weight is 319 g/mol. The molecule has 7 heteroatoms. The zero-order valence-electron chi connectivity index (χ0n) is 13.2. The van der Waals surface area contributed by atoms with Crippen LogP contribution >= 0.6 is 0 Å². The van der Waals surface area contributed by atoms with E-state index in [9.17, 15) is 18.8 Å². The number of hydrogen-bond donors (Lipinski definition) is 2. The Morgan fingerprint density at radius 2 is 2.00 bits per heavy atom. The van der Waals surface area contributed by atoms with Crippen LogP contribution in [0.2, 0.25) is 0 Å². The molecule has 23 heavy (non-hydrogen) atoms. The summed E-state index contributed by atoms with van der Waals surface area (Å²) in [5.41, 5.74) is 0.792. The molecule has 0 aliphatic carbocycles. The number of nitrogens with one attached hydrogen (secondary N) is 2. The minimum atomic E-state index is -0.490. The van der Waals surface area contributed by atoms with Gasteiger partial charge in [0.25, 0.3) is 5.56 Å². The fourth-order valence-electron chi connectivity index (χ4n) is 2.20. The summed E-state index contributed by atoms with van der Waals surface area (Å²) in [5.74, 6) is -0.728. The highest BCUT2D eigenvalue weighted by atomic mass is 19.1. The number of hydrogen-bond acceptors (Lipinski definition) is 3. The van der Waals surface area contributed by atoms with E-state index in [0.717, 1.165) is 4.57 Å². The van der Waals surface area contributed by atoms with Gasteiger partial charge in [-0.25, -0.2) is 9.18 Å². The van der Waals surface area contributed by atoms with E-state index in [2.05, 4.69) is 10.3 Å². The van der Waals surface area contributed by atoms with E-state index in [1.165, 1.54) is 13.1 Å². The molecule has 2 rings (SSSR count). The summed E-state index contributed by atoms with van der Waals surface area (Å²) in [7, 11) is 1.37. The number of aryl methyl sites for hydroxylation is 2. The smallest absolute Gasteiger partial charge is 0.326 e. The lowest BCUT2D eigenvalue weighted by Gasteiger charge is -2.08. The molecule has 1 amide bonds. The van der Waals surface area contributed by atoms with Crippen molar-refractivity contribution >= 4 is 11.6 Å². The molecule has 2 N–H and O–H groups in total. The molecule has 6 nitrogen and oxygen atoms in total. The van der Waals surface area contributed by atoms with Crippen LogP contribution in [0.5, 0.6) is 0 Å². The molecule has 0 saturated heterocycles. The van der Waals surface area contributed by atoms with Crippen molar-refractivity contribution in [2.75, 3.05) is 5.32 Å². The van der Waals surface area contributed by atoms with Gasteiger partial charge >= 0.3 is 5.69 Å². The predicted octanol–water partition coefficient (Wildman–Crippen LogP) is 1.40. The van der Waals surface area contributed by atoms with Crippen LogP contribution in [-0.4, -0.2) is 15.5 Å². The number of carbonyl (C=O) groups is 1. The second-order valence-corrected chi connectivity index (χ2v) is 5.41. The highest BCUT2D eigenvalue weighted by molar-refractivity contribution is 5.90. The van der Waals surface area contributed by atoms with Crippen molar-refractivity contribution in [3.05, 3.63) is 61.7 Å². The maximum Gasteiger partial charge on any atom is 0.328 e. The van der Waals surface area contributed by atoms with Crippen LogP contribution in [0.4, 0.5) is 10.1 Å². The third kappa shape index (κ3) is 3.74. The fraction of sp³-hybridized carbons (Fsp3) is 0.312. The quantitative estimate of drug-likeness (QED) is 0.893. The Morgan fingerprint density at radius 3 is 2.65 bits per heavy atom. The van der Waals surface area contributed by atoms with Crippen molar-refractivity contribution in [2.24, 2.45) is 7.05 Å². The summed E-state index contributed by atoms with van der Waals surface area (Å²) in [6.45, 7) is 3.25. The number of amides is 1. The molecule has 1 aromatic heterocycles. The highest BCUT2D eigenvalue weighted by Gasteiger charge is 2.11. The van der Waals surface area contributed by atoms with Gasteiger partial charge in [-0.05, 0) is 38.0 Å². The van der Waals surface area contributed by atoms with Crippen LogP contribution in [0.1, 0.15) is 23.2 Å². The molecule has 0 unspecified atom stereocenters. The second kappa shape index (κ2) is 6.60. The average Bonchev–Trinajstić information content (AvgIpc) is 2.48. The zero-order valence-corrected chi connectivity index (χ0v) is 13.2. The first-order valence-electron chi connectivity index (χ1n) is 7.14. The molecule has 0 saturated carbocycles. The van der Waals surface area contributed by atoms with Gasteiger partial charge in [-0.15, -0.1) is 0 Å². The molecule has 1 aromatic carbocycles. The van der Waals surface area contributed by atoms with Crippen molar-refractivity contribution in [1.82, 2.24) is 9.55 Å². The normalized spacial score (nSPS) is 10.6. The van der Waals surface area contributed by atoms with E-state index in [4.69, 9.17) is 0 Å². The van der Waals surface area contributed by atoms with E-state index in [1.807, 2.05) is 0 Å². The molecule has 122 valence electrons. The topological polar surface area (TPSA) is 84.0 Å². The third-order valence-corrected chi connectivity index (χ3v) is 3.67. The van der Waals surface area contributed by atoms with Crippen LogP contribution in [0.15, 0.2) is 27.8 Å². The maximum absolute atomic E-state index is 13.4. The number of H-pyrrole nitrogens is 1. The minimum Gasteiger partial charge on any atom is -0.326 e. The van der Waals surface area contributed by atoms with Gasteiger partial charge in [0.2, 0.25) is 5.91 Å². The number of benzene rings is 1. The van der Waals surface area contributed by atoms with E-state index >= 15 is 0 Å². The van der Waals surface area contributed by atoms with Gasteiger partial charge < -0.3 is 10.3 Å². The van der Waals surface area contributed by atoms with Gasteiger partial charge in [0.15, 0.2) is 0 Å². The molecule has 1 heterocycles. The third-order valence-electron chi connectivity index (χ3n) is 3.67. The lowest BCUT2D eigenvalue weighted by molar-refractivity contribution is -0.116. The van der Waals surface area contributed by atoms with Crippen molar-refractivity contribution in [3.8, 4) is 0 Å². The van der Waals surface area contributed by atoms with Gasteiger partial charge in [0.05, 0.1) is 0 Å². The van der Waals surface area contributed by atoms with E-state index in [-0.39, 0.29) is 18.7 Å². The number of anilines is 1. The van der Waals surface area contributed by atoms with Crippen molar-refractivity contribution in [2.45, 2.75) is 26.7 Å². The number of aromatic amines is 1. The lowest BCUT2D eigenvalue weighted by atomic mass is 10.1. The lowest BCUT2D eigenvalue weighted by Crippen LogP contribution is -2.36. The van der Waals surface area contributed by atoms with E-state index in [1.54, 1.807) is 26.0 Å². The molecule has 0 fully saturated rings. The molecule has 0 spiro atoms. The molecule has 2 aromatic rings. The van der Waals surface area contributed by atoms with Gasteiger partial charge in [0, 0.05) is 30.4 Å². The molecular formula is C16H18FN3O3. The number of halogens is 1. The Balaban J connectivity index is 2.08. The molecule has 0 atom stereocenters. The van der Waals surface area contributed by atoms with Crippen LogP contribution in [0.25, 0.3) is 0 Å². The first kappa shape index (κ1) is 16.7. The number of aromatic nitrogens is 2. The van der Waals surface area contributed by atoms with Gasteiger partial charge in [0.1, 0.15) is 5.82 Å². The Labute approximate surface area is 132 Å². The van der Waals surface area contributed by atoms with Crippen LogP contribution in [-0.2, 0) is 18.3 Å². The summed E-state index contributed by atoms with van der Waals surface area (Å²) in [6, 6.07) is 4.44. The van der Waals surface area contributed by atoms with Crippen molar-refractivity contribution in [1.29, 1.82) is 0 Å². The van der Waals surface area contributed by atoms with E-state index in [0.29, 0.717) is 22.5 Å². The standard InChI is InChI=1S/C16H18FN3O3/c1-9-4-5-11(8-13(9)17)19-14(21)7-6-12-10(2)18-16(23)20(3)15(12)22/h4-5,8H,6-7H2,1-3H3,(H,18,23)(H,19,21). The Hall–Kier alpha value is -2.70. The fourth-order valence-corrected chi connectivity index (χ4v) is 2.20. The molecular weight excluding hydrogens is 301 g/mol. The Bertz CT molecular complexity index is 868. The summed E-state index contributed by atoms with van der Waals surface area (Å²) in [5, 5.41) is 2.59. The van der Waals surface area contributed by atoms with E-state index < -0.39 is 17.1 Å². The predicted molar refractivity (Wildman–Crippen MR) is 85.1 cm³/mol. The van der Waals surface area contributed by atoms with Crippen LogP contribution < -0.4 is 16.6 Å². The SMILES string of the molecule is Cc1ccc(NC(=O)CCc2c(C)[nH]c(=O)n(C)c2=O)cc1F. The summed E-state index contributed by atoms with van der Waals surface area (Å²) < 4.78 is 14.4. The van der Waals surface area contributed by atoms with Crippen molar-refractivity contribution in [3.63, 3.8) is 0 Å².